The molecule has 2 aromatic rings. The Morgan fingerprint density at radius 3 is 1.72 bits per heavy atom. The van der Waals surface area contributed by atoms with Gasteiger partial charge in [-0.25, -0.2) is 0 Å². The van der Waals surface area contributed by atoms with Gasteiger partial charge in [-0.1, -0.05) is 12.1 Å². The molecule has 156 valence electrons. The molecule has 0 heterocycles. The Hall–Kier alpha value is -3.42. The fraction of sp³-hybridized carbons (Fsp3) is 0.333. The summed E-state index contributed by atoms with van der Waals surface area (Å²) >= 11 is 0. The first-order chi connectivity index (χ1) is 14.0. The molecule has 0 saturated carbocycles. The van der Waals surface area contributed by atoms with Gasteiger partial charge in [-0.15, -0.1) is 0 Å². The van der Waals surface area contributed by atoms with Gasteiger partial charge in [-0.3, -0.25) is 9.59 Å². The minimum absolute atomic E-state index is 0.197. The maximum absolute atomic E-state index is 12.0. The van der Waals surface area contributed by atoms with Crippen LogP contribution in [0.5, 0.6) is 23.0 Å². The molecule has 0 bridgehead atoms. The monoisotopic (exact) mass is 402 g/mol. The Morgan fingerprint density at radius 2 is 1.17 bits per heavy atom. The highest BCUT2D eigenvalue weighted by Crippen LogP contribution is 2.28. The lowest BCUT2D eigenvalue weighted by Crippen LogP contribution is -2.40. The minimum Gasteiger partial charge on any atom is -0.493 e. The van der Waals surface area contributed by atoms with Gasteiger partial charge >= 0.3 is 11.8 Å². The average Bonchev–Trinajstić information content (AvgIpc) is 2.76. The Bertz CT molecular complexity index is 853. The van der Waals surface area contributed by atoms with Gasteiger partial charge < -0.3 is 29.6 Å². The first kappa shape index (κ1) is 21.9. The van der Waals surface area contributed by atoms with Crippen LogP contribution >= 0.6 is 0 Å². The number of hydrogen-bond donors (Lipinski definition) is 2. The highest BCUT2D eigenvalue weighted by Gasteiger charge is 2.13. The largest absolute Gasteiger partial charge is 0.493 e. The second-order valence-electron chi connectivity index (χ2n) is 6.07. The first-order valence-corrected chi connectivity index (χ1v) is 9.00. The second-order valence-corrected chi connectivity index (χ2v) is 6.07. The van der Waals surface area contributed by atoms with Crippen molar-refractivity contribution in [2.75, 3.05) is 35.0 Å². The third-order valence-corrected chi connectivity index (χ3v) is 4.25. The van der Waals surface area contributed by atoms with Crippen LogP contribution in [0.15, 0.2) is 36.4 Å². The normalized spacial score (nSPS) is 10.1. The number of carbonyl (C=O) groups is 2. The average molecular weight is 402 g/mol. The topological polar surface area (TPSA) is 95.1 Å². The van der Waals surface area contributed by atoms with Gasteiger partial charge in [0, 0.05) is 13.1 Å². The summed E-state index contributed by atoms with van der Waals surface area (Å²) in [4.78, 5) is 24.0. The first-order valence-electron chi connectivity index (χ1n) is 9.00. The molecule has 0 aromatic heterocycles. The predicted molar refractivity (Wildman–Crippen MR) is 108 cm³/mol. The number of carbonyl (C=O) groups excluding carboxylic acids is 2. The summed E-state index contributed by atoms with van der Waals surface area (Å²) in [5.74, 6) is 1.01. The number of hydrogen-bond acceptors (Lipinski definition) is 6. The van der Waals surface area contributed by atoms with E-state index in [2.05, 4.69) is 10.6 Å². The van der Waals surface area contributed by atoms with Gasteiger partial charge in [0.1, 0.15) is 0 Å². The molecule has 0 aliphatic carbocycles. The summed E-state index contributed by atoms with van der Waals surface area (Å²) in [6, 6.07) is 10.8. The van der Waals surface area contributed by atoms with E-state index in [4.69, 9.17) is 18.9 Å². The van der Waals surface area contributed by atoms with Crippen LogP contribution in [0, 0.1) is 0 Å². The number of ether oxygens (including phenoxy) is 4. The van der Waals surface area contributed by atoms with Crippen LogP contribution in [-0.2, 0) is 22.6 Å². The van der Waals surface area contributed by atoms with Crippen molar-refractivity contribution in [3.05, 3.63) is 47.5 Å². The van der Waals surface area contributed by atoms with Crippen molar-refractivity contribution in [1.82, 2.24) is 10.6 Å². The summed E-state index contributed by atoms with van der Waals surface area (Å²) < 4.78 is 20.8. The highest BCUT2D eigenvalue weighted by molar-refractivity contribution is 6.35. The summed E-state index contributed by atoms with van der Waals surface area (Å²) in [5, 5.41) is 5.19. The number of rotatable bonds is 9. The van der Waals surface area contributed by atoms with E-state index < -0.39 is 11.8 Å². The van der Waals surface area contributed by atoms with Crippen LogP contribution in [0.3, 0.4) is 0 Å². The van der Waals surface area contributed by atoms with Crippen molar-refractivity contribution in [2.45, 2.75) is 13.0 Å². The molecule has 2 aromatic carbocycles. The zero-order valence-corrected chi connectivity index (χ0v) is 17.0. The fourth-order valence-electron chi connectivity index (χ4n) is 2.69. The molecule has 0 radical (unpaired) electrons. The molecule has 0 fully saturated rings. The molecule has 0 aliphatic rings. The van der Waals surface area contributed by atoms with Crippen LogP contribution in [0.1, 0.15) is 11.1 Å². The van der Waals surface area contributed by atoms with E-state index in [1.807, 2.05) is 12.1 Å². The lowest BCUT2D eigenvalue weighted by Gasteiger charge is -2.11. The van der Waals surface area contributed by atoms with E-state index in [1.54, 1.807) is 45.6 Å². The third-order valence-electron chi connectivity index (χ3n) is 4.25. The zero-order valence-electron chi connectivity index (χ0n) is 17.0. The van der Waals surface area contributed by atoms with Crippen LogP contribution in [0.25, 0.3) is 0 Å². The molecule has 2 N–H and O–H groups in total. The van der Waals surface area contributed by atoms with E-state index >= 15 is 0 Å². The molecule has 0 spiro atoms. The van der Waals surface area contributed by atoms with E-state index in [9.17, 15) is 9.59 Å². The summed E-state index contributed by atoms with van der Waals surface area (Å²) in [6.45, 7) is 0.514. The summed E-state index contributed by atoms with van der Waals surface area (Å²) in [5.41, 5.74) is 1.74. The maximum Gasteiger partial charge on any atom is 0.309 e. The molecule has 2 rings (SSSR count). The quantitative estimate of drug-likeness (QED) is 0.620. The number of benzene rings is 2. The lowest BCUT2D eigenvalue weighted by atomic mass is 10.1. The molecule has 8 heteroatoms. The lowest BCUT2D eigenvalue weighted by molar-refractivity contribution is -0.139. The Morgan fingerprint density at radius 1 is 0.690 bits per heavy atom. The molecular formula is C21H26N2O6. The minimum atomic E-state index is -0.702. The van der Waals surface area contributed by atoms with Crippen molar-refractivity contribution in [3.63, 3.8) is 0 Å². The molecule has 0 saturated heterocycles. The molecule has 0 unspecified atom stereocenters. The molecule has 0 aliphatic heterocycles. The molecule has 29 heavy (non-hydrogen) atoms. The van der Waals surface area contributed by atoms with Crippen molar-refractivity contribution in [2.24, 2.45) is 0 Å². The van der Waals surface area contributed by atoms with Crippen molar-refractivity contribution < 1.29 is 28.5 Å². The van der Waals surface area contributed by atoms with Crippen LogP contribution in [-0.4, -0.2) is 46.8 Å². The van der Waals surface area contributed by atoms with Crippen LogP contribution in [0.4, 0.5) is 0 Å². The van der Waals surface area contributed by atoms with Crippen LogP contribution < -0.4 is 29.6 Å². The van der Waals surface area contributed by atoms with Crippen molar-refractivity contribution in [3.8, 4) is 23.0 Å². The van der Waals surface area contributed by atoms with E-state index in [-0.39, 0.29) is 6.54 Å². The predicted octanol–water partition coefficient (Wildman–Crippen LogP) is 1.70. The van der Waals surface area contributed by atoms with Crippen molar-refractivity contribution in [1.29, 1.82) is 0 Å². The van der Waals surface area contributed by atoms with E-state index in [0.29, 0.717) is 36.0 Å². The van der Waals surface area contributed by atoms with Gasteiger partial charge in [-0.2, -0.15) is 0 Å². The summed E-state index contributed by atoms with van der Waals surface area (Å²) in [7, 11) is 6.21. The van der Waals surface area contributed by atoms with Crippen LogP contribution in [0.2, 0.25) is 0 Å². The van der Waals surface area contributed by atoms with Crippen molar-refractivity contribution >= 4 is 11.8 Å². The van der Waals surface area contributed by atoms with Gasteiger partial charge in [0.05, 0.1) is 28.4 Å². The Labute approximate surface area is 170 Å². The van der Waals surface area contributed by atoms with Gasteiger partial charge in [-0.05, 0) is 41.8 Å². The number of nitrogens with one attached hydrogen (secondary N) is 2. The van der Waals surface area contributed by atoms with E-state index in [1.165, 1.54) is 7.11 Å². The maximum atomic E-state index is 12.0. The SMILES string of the molecule is COc1ccc(CCNC(=O)C(=O)NCc2ccc(OC)c(OC)c2)cc1OC. The molecular weight excluding hydrogens is 376 g/mol. The molecule has 2 amide bonds. The fourth-order valence-corrected chi connectivity index (χ4v) is 2.69. The highest BCUT2D eigenvalue weighted by atomic mass is 16.5. The molecule has 0 atom stereocenters. The standard InChI is InChI=1S/C21H26N2O6/c1-26-16-7-5-14(11-18(16)28-3)9-10-22-20(24)21(25)23-13-15-6-8-17(27-2)19(12-15)29-4/h5-8,11-12H,9-10,13H2,1-4H3,(H,22,24)(H,23,25). The van der Waals surface area contributed by atoms with Gasteiger partial charge in [0.15, 0.2) is 23.0 Å². The van der Waals surface area contributed by atoms with Gasteiger partial charge in [0.25, 0.3) is 0 Å². The number of methoxy groups -OCH3 is 4. The van der Waals surface area contributed by atoms with E-state index in [0.717, 1.165) is 11.1 Å². The third kappa shape index (κ3) is 6.03. The zero-order chi connectivity index (χ0) is 21.2. The second kappa shape index (κ2) is 10.8. The Balaban J connectivity index is 1.81. The Kier molecular flexibility index (Phi) is 8.14. The number of amides is 2. The molecule has 8 nitrogen and oxygen atoms in total. The van der Waals surface area contributed by atoms with Gasteiger partial charge in [0.2, 0.25) is 0 Å². The smallest absolute Gasteiger partial charge is 0.309 e. The summed E-state index contributed by atoms with van der Waals surface area (Å²) in [6.07, 6.45) is 0.551.